The summed E-state index contributed by atoms with van der Waals surface area (Å²) >= 11 is 7.50. The van der Waals surface area contributed by atoms with Gasteiger partial charge in [-0.25, -0.2) is 0 Å². The molecule has 0 unspecified atom stereocenters. The highest BCUT2D eigenvalue weighted by Crippen LogP contribution is 2.27. The monoisotopic (exact) mass is 265 g/mol. The molecule has 0 bridgehead atoms. The molecule has 5 heteroatoms. The van der Waals surface area contributed by atoms with E-state index in [9.17, 15) is 0 Å². The Balaban J connectivity index is 1.92. The molecular formula is C12H12ClN3S. The van der Waals surface area contributed by atoms with Gasteiger partial charge in [0.2, 0.25) is 0 Å². The molecule has 0 aliphatic carbocycles. The second kappa shape index (κ2) is 5.91. The van der Waals surface area contributed by atoms with Gasteiger partial charge in [0, 0.05) is 23.3 Å². The zero-order valence-corrected chi connectivity index (χ0v) is 10.6. The molecule has 88 valence electrons. The minimum atomic E-state index is 0.677. The average Bonchev–Trinajstić information content (AvgIpc) is 2.35. The number of hydrogen-bond acceptors (Lipinski definition) is 4. The van der Waals surface area contributed by atoms with Crippen molar-refractivity contribution in [2.45, 2.75) is 11.4 Å². The van der Waals surface area contributed by atoms with Crippen LogP contribution in [0.4, 0.5) is 5.69 Å². The quantitative estimate of drug-likeness (QED) is 0.659. The van der Waals surface area contributed by atoms with Crippen molar-refractivity contribution in [2.75, 3.05) is 5.73 Å². The molecule has 1 aromatic carbocycles. The van der Waals surface area contributed by atoms with Gasteiger partial charge >= 0.3 is 0 Å². The molecular weight excluding hydrogens is 254 g/mol. The molecule has 2 rings (SSSR count). The normalized spacial score (nSPS) is 10.4. The van der Waals surface area contributed by atoms with Gasteiger partial charge in [-0.05, 0) is 42.3 Å². The molecule has 1 aromatic heterocycles. The highest BCUT2D eigenvalue weighted by atomic mass is 35.5. The highest BCUT2D eigenvalue weighted by Gasteiger charge is 2.01. The molecule has 0 saturated carbocycles. The van der Waals surface area contributed by atoms with Crippen LogP contribution in [0.2, 0.25) is 5.02 Å². The van der Waals surface area contributed by atoms with Crippen LogP contribution in [0.1, 0.15) is 5.69 Å². The van der Waals surface area contributed by atoms with E-state index in [4.69, 9.17) is 17.3 Å². The van der Waals surface area contributed by atoms with Crippen molar-refractivity contribution in [2.24, 2.45) is 0 Å². The Kier molecular flexibility index (Phi) is 4.25. The molecule has 3 nitrogen and oxygen atoms in total. The number of pyridine rings is 1. The fraction of sp³-hybridized carbons (Fsp3) is 0.0833. The summed E-state index contributed by atoms with van der Waals surface area (Å²) in [5.74, 6) is 0. The van der Waals surface area contributed by atoms with Crippen LogP contribution >= 0.6 is 23.5 Å². The molecule has 0 amide bonds. The van der Waals surface area contributed by atoms with E-state index in [1.165, 1.54) is 11.9 Å². The summed E-state index contributed by atoms with van der Waals surface area (Å²) in [4.78, 5) is 5.14. The summed E-state index contributed by atoms with van der Waals surface area (Å²) in [5, 5.41) is 0.692. The van der Waals surface area contributed by atoms with E-state index in [1.54, 1.807) is 18.3 Å². The maximum atomic E-state index is 6.05. The summed E-state index contributed by atoms with van der Waals surface area (Å²) < 4.78 is 3.20. The number of benzene rings is 1. The molecule has 2 aromatic rings. The van der Waals surface area contributed by atoms with E-state index in [2.05, 4.69) is 9.71 Å². The Morgan fingerprint density at radius 3 is 2.94 bits per heavy atom. The van der Waals surface area contributed by atoms with E-state index < -0.39 is 0 Å². The van der Waals surface area contributed by atoms with Crippen LogP contribution in [0.15, 0.2) is 47.5 Å². The second-order valence-electron chi connectivity index (χ2n) is 3.43. The third kappa shape index (κ3) is 3.63. The predicted octanol–water partition coefficient (Wildman–Crippen LogP) is 3.11. The first kappa shape index (κ1) is 12.2. The SMILES string of the molecule is Nc1ccc(Cl)c(SNCc2ccccn2)c1. The number of nitrogens with zero attached hydrogens (tertiary/aromatic N) is 1. The Morgan fingerprint density at radius 1 is 1.29 bits per heavy atom. The van der Waals surface area contributed by atoms with E-state index in [1.807, 2.05) is 24.3 Å². The smallest absolute Gasteiger partial charge is 0.0556 e. The fourth-order valence-electron chi connectivity index (χ4n) is 1.29. The zero-order valence-electron chi connectivity index (χ0n) is 9.06. The molecule has 0 saturated heterocycles. The summed E-state index contributed by atoms with van der Waals surface area (Å²) in [7, 11) is 0. The second-order valence-corrected chi connectivity index (χ2v) is 4.77. The van der Waals surface area contributed by atoms with Crippen LogP contribution in [0, 0.1) is 0 Å². The number of halogens is 1. The van der Waals surface area contributed by atoms with Crippen LogP contribution < -0.4 is 10.5 Å². The molecule has 0 fully saturated rings. The lowest BCUT2D eigenvalue weighted by Crippen LogP contribution is -2.04. The van der Waals surface area contributed by atoms with Gasteiger partial charge in [0.15, 0.2) is 0 Å². The highest BCUT2D eigenvalue weighted by molar-refractivity contribution is 7.97. The fourth-order valence-corrected chi connectivity index (χ4v) is 2.26. The lowest BCUT2D eigenvalue weighted by Gasteiger charge is -2.06. The van der Waals surface area contributed by atoms with Gasteiger partial charge in [-0.3, -0.25) is 9.71 Å². The van der Waals surface area contributed by atoms with Crippen molar-refractivity contribution in [3.05, 3.63) is 53.3 Å². The van der Waals surface area contributed by atoms with Gasteiger partial charge in [-0.1, -0.05) is 17.7 Å². The minimum absolute atomic E-state index is 0.677. The summed E-state index contributed by atoms with van der Waals surface area (Å²) in [6, 6.07) is 11.2. The van der Waals surface area contributed by atoms with Crippen LogP contribution in [-0.4, -0.2) is 4.98 Å². The molecule has 0 spiro atoms. The lowest BCUT2D eigenvalue weighted by molar-refractivity contribution is 0.921. The maximum absolute atomic E-state index is 6.05. The van der Waals surface area contributed by atoms with E-state index in [-0.39, 0.29) is 0 Å². The maximum Gasteiger partial charge on any atom is 0.0556 e. The van der Waals surface area contributed by atoms with E-state index >= 15 is 0 Å². The number of aromatic nitrogens is 1. The van der Waals surface area contributed by atoms with E-state index in [0.717, 1.165) is 10.6 Å². The van der Waals surface area contributed by atoms with Crippen molar-refractivity contribution in [3.8, 4) is 0 Å². The molecule has 3 N–H and O–H groups in total. The number of rotatable bonds is 4. The van der Waals surface area contributed by atoms with Crippen LogP contribution in [0.5, 0.6) is 0 Å². The number of hydrogen-bond donors (Lipinski definition) is 2. The number of nitrogens with one attached hydrogen (secondary N) is 1. The standard InChI is InChI=1S/C12H12ClN3S/c13-11-5-4-9(14)7-12(11)17-16-8-10-3-1-2-6-15-10/h1-7,16H,8,14H2. The lowest BCUT2D eigenvalue weighted by atomic mass is 10.3. The number of nitrogens with two attached hydrogens (primary N) is 1. The van der Waals surface area contributed by atoms with Gasteiger partial charge in [0.1, 0.15) is 0 Å². The summed E-state index contributed by atoms with van der Waals surface area (Å²) in [6.07, 6.45) is 1.77. The summed E-state index contributed by atoms with van der Waals surface area (Å²) in [6.45, 7) is 0.677. The van der Waals surface area contributed by atoms with Crippen molar-refractivity contribution in [1.29, 1.82) is 0 Å². The molecule has 0 aliphatic rings. The molecule has 0 atom stereocenters. The number of anilines is 1. The Bertz CT molecular complexity index is 490. The van der Waals surface area contributed by atoms with Crippen molar-refractivity contribution >= 4 is 29.2 Å². The Hall–Kier alpha value is -1.23. The van der Waals surface area contributed by atoms with Gasteiger partial charge in [0.05, 0.1) is 10.7 Å². The molecule has 0 radical (unpaired) electrons. The van der Waals surface area contributed by atoms with Crippen molar-refractivity contribution in [1.82, 2.24) is 9.71 Å². The van der Waals surface area contributed by atoms with Crippen LogP contribution in [0.25, 0.3) is 0 Å². The van der Waals surface area contributed by atoms with Crippen molar-refractivity contribution in [3.63, 3.8) is 0 Å². The Labute approximate surface area is 110 Å². The third-order valence-electron chi connectivity index (χ3n) is 2.12. The van der Waals surface area contributed by atoms with Crippen molar-refractivity contribution < 1.29 is 0 Å². The average molecular weight is 266 g/mol. The molecule has 0 aliphatic heterocycles. The van der Waals surface area contributed by atoms with Gasteiger partial charge < -0.3 is 5.73 Å². The first-order chi connectivity index (χ1) is 8.25. The van der Waals surface area contributed by atoms with E-state index in [0.29, 0.717) is 17.3 Å². The van der Waals surface area contributed by atoms with Crippen LogP contribution in [0.3, 0.4) is 0 Å². The minimum Gasteiger partial charge on any atom is -0.399 e. The largest absolute Gasteiger partial charge is 0.399 e. The third-order valence-corrected chi connectivity index (χ3v) is 3.40. The predicted molar refractivity (Wildman–Crippen MR) is 72.8 cm³/mol. The first-order valence-electron chi connectivity index (χ1n) is 5.10. The zero-order chi connectivity index (χ0) is 12.1. The number of nitrogen functional groups attached to an aromatic ring is 1. The molecule has 17 heavy (non-hydrogen) atoms. The van der Waals surface area contributed by atoms with Gasteiger partial charge in [-0.15, -0.1) is 0 Å². The molecule has 1 heterocycles. The topological polar surface area (TPSA) is 50.9 Å². The van der Waals surface area contributed by atoms with Gasteiger partial charge in [0.25, 0.3) is 0 Å². The first-order valence-corrected chi connectivity index (χ1v) is 6.30. The summed E-state index contributed by atoms with van der Waals surface area (Å²) in [5.41, 5.74) is 7.39. The van der Waals surface area contributed by atoms with Crippen LogP contribution in [-0.2, 0) is 6.54 Å². The Morgan fingerprint density at radius 2 is 2.18 bits per heavy atom. The van der Waals surface area contributed by atoms with Gasteiger partial charge in [-0.2, -0.15) is 0 Å².